The van der Waals surface area contributed by atoms with Crippen LogP contribution in [-0.4, -0.2) is 16.6 Å². The quantitative estimate of drug-likeness (QED) is 0.223. The minimum Gasteiger partial charge on any atom is -0.454 e. The predicted octanol–water partition coefficient (Wildman–Crippen LogP) is 8.50. The van der Waals surface area contributed by atoms with Crippen molar-refractivity contribution < 1.29 is 4.12 Å². The number of benzene rings is 4. The predicted molar refractivity (Wildman–Crippen MR) is 155 cm³/mol. The van der Waals surface area contributed by atoms with Gasteiger partial charge in [-0.25, -0.2) is 0 Å². The van der Waals surface area contributed by atoms with Crippen LogP contribution >= 0.6 is 0 Å². The van der Waals surface area contributed by atoms with E-state index in [4.69, 9.17) is 4.12 Å². The fourth-order valence-corrected chi connectivity index (χ4v) is 16.2. The second kappa shape index (κ2) is 9.73. The van der Waals surface area contributed by atoms with Gasteiger partial charge in [-0.3, -0.25) is 0 Å². The SMILES string of the molecule is CC(c1ccccc1)(c1ccccc1)[Si](C)(O[Si](C)(C)C)C(C)(c1ccccc1)c1ccccc1. The Labute approximate surface area is 214 Å². The summed E-state index contributed by atoms with van der Waals surface area (Å²) in [5.74, 6) is 0. The van der Waals surface area contributed by atoms with E-state index in [0.29, 0.717) is 0 Å². The first kappa shape index (κ1) is 25.4. The van der Waals surface area contributed by atoms with Gasteiger partial charge in [0, 0.05) is 10.1 Å². The molecule has 0 fully saturated rings. The van der Waals surface area contributed by atoms with Crippen molar-refractivity contribution in [3.05, 3.63) is 144 Å². The van der Waals surface area contributed by atoms with Gasteiger partial charge in [0.2, 0.25) is 8.32 Å². The van der Waals surface area contributed by atoms with Crippen molar-refractivity contribution in [2.24, 2.45) is 0 Å². The van der Waals surface area contributed by atoms with E-state index < -0.39 is 16.6 Å². The molecule has 4 rings (SSSR count). The summed E-state index contributed by atoms with van der Waals surface area (Å²) in [5, 5.41) is -0.619. The van der Waals surface area contributed by atoms with Crippen LogP contribution in [0.15, 0.2) is 121 Å². The maximum absolute atomic E-state index is 7.65. The molecule has 0 heterocycles. The zero-order valence-electron chi connectivity index (χ0n) is 22.0. The van der Waals surface area contributed by atoms with Crippen molar-refractivity contribution in [1.29, 1.82) is 0 Å². The summed E-state index contributed by atoms with van der Waals surface area (Å²) >= 11 is 0. The molecule has 0 unspecified atom stereocenters. The molecule has 35 heavy (non-hydrogen) atoms. The molecule has 0 radical (unpaired) electrons. The molecule has 0 N–H and O–H groups in total. The van der Waals surface area contributed by atoms with Crippen molar-refractivity contribution in [2.45, 2.75) is 50.1 Å². The molecule has 0 spiro atoms. The van der Waals surface area contributed by atoms with E-state index in [0.717, 1.165) is 0 Å². The highest BCUT2D eigenvalue weighted by molar-refractivity contribution is 6.89. The van der Waals surface area contributed by atoms with Crippen LogP contribution in [0, 0.1) is 0 Å². The van der Waals surface area contributed by atoms with Crippen LogP contribution in [0.4, 0.5) is 0 Å². The van der Waals surface area contributed by atoms with Crippen molar-refractivity contribution in [1.82, 2.24) is 0 Å². The lowest BCUT2D eigenvalue weighted by atomic mass is 9.90. The van der Waals surface area contributed by atoms with E-state index in [1.807, 2.05) is 0 Å². The molecule has 0 aliphatic carbocycles. The minimum absolute atomic E-state index is 0.309. The summed E-state index contributed by atoms with van der Waals surface area (Å²) in [6.45, 7) is 14.4. The van der Waals surface area contributed by atoms with E-state index in [9.17, 15) is 0 Å². The average Bonchev–Trinajstić information content (AvgIpc) is 2.88. The molecule has 1 nitrogen and oxygen atoms in total. The van der Waals surface area contributed by atoms with Gasteiger partial charge >= 0.3 is 0 Å². The third kappa shape index (κ3) is 4.49. The Kier molecular flexibility index (Phi) is 7.05. The van der Waals surface area contributed by atoms with Crippen LogP contribution in [-0.2, 0) is 14.2 Å². The topological polar surface area (TPSA) is 9.23 Å². The zero-order chi connectivity index (χ0) is 25.2. The van der Waals surface area contributed by atoms with Gasteiger partial charge in [-0.05, 0) is 48.4 Å². The van der Waals surface area contributed by atoms with Gasteiger partial charge in [0.25, 0.3) is 0 Å². The van der Waals surface area contributed by atoms with Crippen molar-refractivity contribution >= 4 is 16.6 Å². The van der Waals surface area contributed by atoms with Gasteiger partial charge in [-0.2, -0.15) is 0 Å². The summed E-state index contributed by atoms with van der Waals surface area (Å²) in [6.07, 6.45) is 0. The third-order valence-corrected chi connectivity index (χ3v) is 16.9. The highest BCUT2D eigenvalue weighted by Gasteiger charge is 2.63. The Bertz CT molecular complexity index is 1050. The van der Waals surface area contributed by atoms with Gasteiger partial charge in [0.1, 0.15) is 0 Å². The van der Waals surface area contributed by atoms with E-state index in [1.165, 1.54) is 22.3 Å². The molecule has 180 valence electrons. The Morgan fingerprint density at radius 3 is 0.857 bits per heavy atom. The molecule has 0 saturated heterocycles. The molecule has 4 aromatic carbocycles. The third-order valence-electron chi connectivity index (χ3n) is 7.82. The van der Waals surface area contributed by atoms with Crippen molar-refractivity contribution in [3.63, 3.8) is 0 Å². The van der Waals surface area contributed by atoms with Gasteiger partial charge in [0.05, 0.1) is 0 Å². The van der Waals surface area contributed by atoms with Crippen molar-refractivity contribution in [2.75, 3.05) is 0 Å². The summed E-state index contributed by atoms with van der Waals surface area (Å²) in [5.41, 5.74) is 5.27. The second-order valence-electron chi connectivity index (χ2n) is 11.0. The Morgan fingerprint density at radius 2 is 0.657 bits per heavy atom. The largest absolute Gasteiger partial charge is 0.454 e. The molecule has 0 atom stereocenters. The van der Waals surface area contributed by atoms with Crippen LogP contribution in [0.2, 0.25) is 26.2 Å². The van der Waals surface area contributed by atoms with Crippen LogP contribution < -0.4 is 0 Å². The smallest absolute Gasteiger partial charge is 0.206 e. The monoisotopic (exact) mass is 494 g/mol. The number of rotatable bonds is 8. The van der Waals surface area contributed by atoms with Crippen molar-refractivity contribution in [3.8, 4) is 0 Å². The fraction of sp³-hybridized carbons (Fsp3) is 0.250. The average molecular weight is 495 g/mol. The lowest BCUT2D eigenvalue weighted by molar-refractivity contribution is 0.444. The first-order valence-corrected chi connectivity index (χ1v) is 18.4. The summed E-state index contributed by atoms with van der Waals surface area (Å²) < 4.78 is 7.65. The molecular weight excluding hydrogens is 457 g/mol. The van der Waals surface area contributed by atoms with E-state index in [1.54, 1.807) is 0 Å². The molecule has 0 amide bonds. The number of hydrogen-bond donors (Lipinski definition) is 0. The maximum atomic E-state index is 7.65. The standard InChI is InChI=1S/C32H38OSi2/c1-31(27-19-11-7-12-20-27,28-21-13-8-14-22-28)35(6,33-34(3,4)5)32(2,29-23-15-9-16-24-29)30-25-17-10-18-26-30/h7-26H,1-6H3. The van der Waals surface area contributed by atoms with E-state index in [-0.39, 0.29) is 10.1 Å². The maximum Gasteiger partial charge on any atom is 0.206 e. The van der Waals surface area contributed by atoms with Crippen LogP contribution in [0.5, 0.6) is 0 Å². The van der Waals surface area contributed by atoms with E-state index >= 15 is 0 Å². The normalized spacial score (nSPS) is 13.0. The zero-order valence-corrected chi connectivity index (χ0v) is 24.0. The van der Waals surface area contributed by atoms with Crippen LogP contribution in [0.3, 0.4) is 0 Å². The highest BCUT2D eigenvalue weighted by Crippen LogP contribution is 2.53. The van der Waals surface area contributed by atoms with E-state index in [2.05, 4.69) is 161 Å². The highest BCUT2D eigenvalue weighted by atomic mass is 28.4. The molecular formula is C32H38OSi2. The summed E-state index contributed by atoms with van der Waals surface area (Å²) in [7, 11) is -4.78. The van der Waals surface area contributed by atoms with Gasteiger partial charge < -0.3 is 4.12 Å². The fourth-order valence-electron chi connectivity index (χ4n) is 5.84. The van der Waals surface area contributed by atoms with Gasteiger partial charge in [-0.1, -0.05) is 135 Å². The lowest BCUT2D eigenvalue weighted by Crippen LogP contribution is -2.70. The lowest BCUT2D eigenvalue weighted by Gasteiger charge is -2.57. The second-order valence-corrected chi connectivity index (χ2v) is 20.1. The first-order chi connectivity index (χ1) is 16.6. The molecule has 4 aromatic rings. The Morgan fingerprint density at radius 1 is 0.429 bits per heavy atom. The van der Waals surface area contributed by atoms with Crippen LogP contribution in [0.25, 0.3) is 0 Å². The Balaban J connectivity index is 2.15. The van der Waals surface area contributed by atoms with Crippen LogP contribution in [0.1, 0.15) is 36.1 Å². The Hall–Kier alpha value is -2.73. The molecule has 3 heteroatoms. The van der Waals surface area contributed by atoms with Gasteiger partial charge in [0.15, 0.2) is 8.32 Å². The summed E-state index contributed by atoms with van der Waals surface area (Å²) in [6, 6.07) is 44.1. The van der Waals surface area contributed by atoms with Gasteiger partial charge in [-0.15, -0.1) is 0 Å². The molecule has 0 aromatic heterocycles. The summed E-state index contributed by atoms with van der Waals surface area (Å²) in [4.78, 5) is 0. The number of hydrogen-bond acceptors (Lipinski definition) is 1. The minimum atomic E-state index is -2.79. The molecule has 0 saturated carbocycles. The first-order valence-electron chi connectivity index (χ1n) is 12.6. The molecule has 0 aliphatic rings. The molecule has 0 bridgehead atoms. The molecule has 0 aliphatic heterocycles.